The predicted octanol–water partition coefficient (Wildman–Crippen LogP) is 1.03. The first-order valence-corrected chi connectivity index (χ1v) is 7.29. The number of amides is 1. The molecule has 1 saturated heterocycles. The third kappa shape index (κ3) is 3.08. The molecule has 0 aromatic heterocycles. The summed E-state index contributed by atoms with van der Waals surface area (Å²) < 4.78 is 5.42. The van der Waals surface area contributed by atoms with Crippen molar-refractivity contribution in [3.05, 3.63) is 34.7 Å². The maximum atomic E-state index is 12.3. The van der Waals surface area contributed by atoms with Crippen molar-refractivity contribution in [2.24, 2.45) is 0 Å². The molecular formula is C14H12NO4S2-. The molecule has 2 rings (SSSR count). The molecule has 1 aromatic carbocycles. The van der Waals surface area contributed by atoms with Crippen LogP contribution in [0.15, 0.2) is 29.2 Å². The summed E-state index contributed by atoms with van der Waals surface area (Å²) in [5.74, 6) is -1.16. The van der Waals surface area contributed by atoms with Gasteiger partial charge in [-0.05, 0) is 19.1 Å². The van der Waals surface area contributed by atoms with Crippen LogP contribution in [0.1, 0.15) is 12.5 Å². The van der Waals surface area contributed by atoms with Crippen molar-refractivity contribution in [2.45, 2.75) is 13.0 Å². The number of carbonyl (C=O) groups is 2. The zero-order valence-corrected chi connectivity index (χ0v) is 13.0. The standard InChI is InChI=1S/C14H13NO4S2/c1-8(13(17)18)15-12(16)11(21-14(15)20)7-9-5-3-4-6-10(9)19-2/h3-8H,1-2H3,(H,17,18)/p-1/t8-/m1/s1. The van der Waals surface area contributed by atoms with Gasteiger partial charge in [-0.3, -0.25) is 9.69 Å². The number of benzene rings is 1. The Morgan fingerprint density at radius 2 is 2.14 bits per heavy atom. The molecule has 7 heteroatoms. The van der Waals surface area contributed by atoms with E-state index < -0.39 is 17.9 Å². The number of carboxylic acid groups (broad SMARTS) is 1. The van der Waals surface area contributed by atoms with Crippen molar-refractivity contribution in [1.82, 2.24) is 4.90 Å². The van der Waals surface area contributed by atoms with Crippen LogP contribution in [-0.4, -0.2) is 34.2 Å². The number of thiocarbonyl (C=S) groups is 1. The highest BCUT2D eigenvalue weighted by atomic mass is 32.2. The van der Waals surface area contributed by atoms with Crippen molar-refractivity contribution in [3.8, 4) is 5.75 Å². The average Bonchev–Trinajstić information content (AvgIpc) is 2.73. The van der Waals surface area contributed by atoms with Gasteiger partial charge in [0.05, 0.1) is 24.0 Å². The fourth-order valence-electron chi connectivity index (χ4n) is 1.85. The number of aliphatic carboxylic acids is 1. The van der Waals surface area contributed by atoms with Gasteiger partial charge < -0.3 is 14.6 Å². The van der Waals surface area contributed by atoms with Gasteiger partial charge in [0, 0.05) is 5.56 Å². The third-order valence-corrected chi connectivity index (χ3v) is 4.31. The highest BCUT2D eigenvalue weighted by Gasteiger charge is 2.35. The Morgan fingerprint density at radius 1 is 1.48 bits per heavy atom. The molecule has 1 aliphatic rings. The van der Waals surface area contributed by atoms with Crippen molar-refractivity contribution in [3.63, 3.8) is 0 Å². The Labute approximate surface area is 131 Å². The normalized spacial score (nSPS) is 18.2. The van der Waals surface area contributed by atoms with Crippen molar-refractivity contribution in [1.29, 1.82) is 0 Å². The molecule has 1 amide bonds. The lowest BCUT2D eigenvalue weighted by atomic mass is 10.2. The Bertz CT molecular complexity index is 642. The minimum absolute atomic E-state index is 0.206. The van der Waals surface area contributed by atoms with Gasteiger partial charge in [0.25, 0.3) is 5.91 Å². The number of thioether (sulfide) groups is 1. The summed E-state index contributed by atoms with van der Waals surface area (Å²) in [5, 5.41) is 10.9. The van der Waals surface area contributed by atoms with Crippen LogP contribution >= 0.6 is 24.0 Å². The topological polar surface area (TPSA) is 69.7 Å². The van der Waals surface area contributed by atoms with Gasteiger partial charge in [0.1, 0.15) is 10.1 Å². The Kier molecular flexibility index (Phi) is 4.64. The Morgan fingerprint density at radius 3 is 2.76 bits per heavy atom. The SMILES string of the molecule is COc1ccccc1C=C1SC(=S)N([C@H](C)C(=O)[O-])C1=O. The molecule has 110 valence electrons. The van der Waals surface area contributed by atoms with Crippen LogP contribution in [0.5, 0.6) is 5.75 Å². The van der Waals surface area contributed by atoms with E-state index in [1.807, 2.05) is 12.1 Å². The second-order valence-electron chi connectivity index (χ2n) is 4.29. The molecule has 0 bridgehead atoms. The van der Waals surface area contributed by atoms with E-state index >= 15 is 0 Å². The molecule has 5 nitrogen and oxygen atoms in total. The number of hydrogen-bond acceptors (Lipinski definition) is 6. The molecule has 0 saturated carbocycles. The highest BCUT2D eigenvalue weighted by molar-refractivity contribution is 8.26. The minimum Gasteiger partial charge on any atom is -0.548 e. The lowest BCUT2D eigenvalue weighted by Crippen LogP contribution is -2.48. The number of ether oxygens (including phenoxy) is 1. The quantitative estimate of drug-likeness (QED) is 0.609. The molecule has 21 heavy (non-hydrogen) atoms. The van der Waals surface area contributed by atoms with Crippen LogP contribution in [0.3, 0.4) is 0 Å². The summed E-state index contributed by atoms with van der Waals surface area (Å²) in [6.07, 6.45) is 1.64. The minimum atomic E-state index is -1.34. The van der Waals surface area contributed by atoms with Crippen LogP contribution in [0, 0.1) is 0 Å². The van der Waals surface area contributed by atoms with E-state index in [2.05, 4.69) is 0 Å². The van der Waals surface area contributed by atoms with E-state index in [1.54, 1.807) is 18.2 Å². The summed E-state index contributed by atoms with van der Waals surface area (Å²) in [5.41, 5.74) is 0.724. The van der Waals surface area contributed by atoms with E-state index in [0.717, 1.165) is 22.2 Å². The predicted molar refractivity (Wildman–Crippen MR) is 82.5 cm³/mol. The lowest BCUT2D eigenvalue weighted by molar-refractivity contribution is -0.309. The van der Waals surface area contributed by atoms with Crippen LogP contribution < -0.4 is 9.84 Å². The highest BCUT2D eigenvalue weighted by Crippen LogP contribution is 2.35. The number of para-hydroxylation sites is 1. The number of nitrogens with zero attached hydrogens (tertiary/aromatic N) is 1. The molecule has 1 aromatic rings. The second kappa shape index (κ2) is 6.28. The smallest absolute Gasteiger partial charge is 0.266 e. The van der Waals surface area contributed by atoms with Gasteiger partial charge >= 0.3 is 0 Å². The molecule has 0 unspecified atom stereocenters. The van der Waals surface area contributed by atoms with Crippen LogP contribution in [0.4, 0.5) is 0 Å². The number of carboxylic acids is 1. The third-order valence-electron chi connectivity index (χ3n) is 2.98. The molecule has 1 aliphatic heterocycles. The molecule has 1 atom stereocenters. The molecule has 0 spiro atoms. The molecule has 0 radical (unpaired) electrons. The molecule has 1 fully saturated rings. The maximum absolute atomic E-state index is 12.3. The number of hydrogen-bond donors (Lipinski definition) is 0. The van der Waals surface area contributed by atoms with E-state index in [1.165, 1.54) is 14.0 Å². The summed E-state index contributed by atoms with van der Waals surface area (Å²) >= 11 is 6.14. The van der Waals surface area contributed by atoms with E-state index in [4.69, 9.17) is 17.0 Å². The first-order chi connectivity index (χ1) is 9.95. The van der Waals surface area contributed by atoms with Crippen molar-refractivity contribution in [2.75, 3.05) is 7.11 Å². The first kappa shape index (κ1) is 15.5. The summed E-state index contributed by atoms with van der Waals surface area (Å²) in [7, 11) is 1.54. The van der Waals surface area contributed by atoms with Crippen LogP contribution in [0.25, 0.3) is 6.08 Å². The van der Waals surface area contributed by atoms with Gasteiger partial charge in [-0.15, -0.1) is 0 Å². The van der Waals surface area contributed by atoms with E-state index in [9.17, 15) is 14.7 Å². The maximum Gasteiger partial charge on any atom is 0.266 e. The molecular weight excluding hydrogens is 310 g/mol. The number of rotatable bonds is 4. The van der Waals surface area contributed by atoms with Gasteiger partial charge in [0.15, 0.2) is 0 Å². The van der Waals surface area contributed by atoms with Gasteiger partial charge in [-0.1, -0.05) is 42.2 Å². The Hall–Kier alpha value is -1.86. The molecule has 0 N–H and O–H groups in total. The monoisotopic (exact) mass is 322 g/mol. The van der Waals surface area contributed by atoms with E-state index in [-0.39, 0.29) is 4.32 Å². The summed E-state index contributed by atoms with van der Waals surface area (Å²) in [6.45, 7) is 1.37. The summed E-state index contributed by atoms with van der Waals surface area (Å²) in [6, 6.07) is 6.11. The lowest BCUT2D eigenvalue weighted by Gasteiger charge is -2.23. The average molecular weight is 322 g/mol. The van der Waals surface area contributed by atoms with Gasteiger partial charge in [0.2, 0.25) is 0 Å². The number of methoxy groups -OCH3 is 1. The summed E-state index contributed by atoms with van der Waals surface area (Å²) in [4.78, 5) is 24.6. The zero-order valence-electron chi connectivity index (χ0n) is 11.4. The van der Waals surface area contributed by atoms with Crippen LogP contribution in [0.2, 0.25) is 0 Å². The van der Waals surface area contributed by atoms with Crippen molar-refractivity contribution < 1.29 is 19.4 Å². The van der Waals surface area contributed by atoms with Gasteiger partial charge in [-0.2, -0.15) is 0 Å². The second-order valence-corrected chi connectivity index (χ2v) is 5.96. The zero-order chi connectivity index (χ0) is 15.6. The van der Waals surface area contributed by atoms with Crippen LogP contribution in [-0.2, 0) is 9.59 Å². The van der Waals surface area contributed by atoms with E-state index in [0.29, 0.717) is 10.7 Å². The molecule has 1 heterocycles. The largest absolute Gasteiger partial charge is 0.548 e. The fourth-order valence-corrected chi connectivity index (χ4v) is 3.26. The van der Waals surface area contributed by atoms with Crippen molar-refractivity contribution >= 4 is 46.3 Å². The first-order valence-electron chi connectivity index (χ1n) is 6.06. The molecule has 0 aliphatic carbocycles. The fraction of sp³-hybridized carbons (Fsp3) is 0.214. The van der Waals surface area contributed by atoms with Gasteiger partial charge in [-0.25, -0.2) is 0 Å². The Balaban J connectivity index is 2.34. The number of carbonyl (C=O) groups excluding carboxylic acids is 2.